The van der Waals surface area contributed by atoms with E-state index in [1.54, 1.807) is 18.4 Å². The fraction of sp³-hybridized carbons (Fsp3) is 0.200. The summed E-state index contributed by atoms with van der Waals surface area (Å²) in [5.41, 5.74) is 1.08. The molecule has 1 aromatic carbocycles. The molecule has 0 radical (unpaired) electrons. The molecule has 0 atom stereocenters. The first-order chi connectivity index (χ1) is 6.76. The third-order valence-corrected chi connectivity index (χ3v) is 3.94. The van der Waals surface area contributed by atoms with Gasteiger partial charge in [-0.05, 0) is 23.1 Å². The quantitative estimate of drug-likeness (QED) is 0.622. The van der Waals surface area contributed by atoms with Crippen molar-refractivity contribution in [3.05, 3.63) is 23.8 Å². The van der Waals surface area contributed by atoms with E-state index in [0.717, 1.165) is 15.5 Å². The summed E-state index contributed by atoms with van der Waals surface area (Å²) < 4.78 is 6.36. The number of thiophene rings is 1. The molecule has 0 N–H and O–H groups in total. The first kappa shape index (κ1) is 10.1. The van der Waals surface area contributed by atoms with Crippen molar-refractivity contribution in [2.24, 2.45) is 0 Å². The Morgan fingerprint density at radius 1 is 1.50 bits per heavy atom. The molecule has 0 saturated heterocycles. The van der Waals surface area contributed by atoms with Crippen LogP contribution in [0.4, 0.5) is 0 Å². The molecule has 0 fully saturated rings. The molecule has 0 saturated carbocycles. The molecule has 2 aromatic rings. The highest BCUT2D eigenvalue weighted by atomic mass is 35.5. The van der Waals surface area contributed by atoms with Crippen LogP contribution in [-0.2, 0) is 5.88 Å². The van der Waals surface area contributed by atoms with Gasteiger partial charge >= 0.3 is 0 Å². The van der Waals surface area contributed by atoms with Crippen molar-refractivity contribution < 1.29 is 4.74 Å². The lowest BCUT2D eigenvalue weighted by Crippen LogP contribution is -1.80. The summed E-state index contributed by atoms with van der Waals surface area (Å²) in [6.45, 7) is 0. The average Bonchev–Trinajstić information content (AvgIpc) is 2.60. The minimum atomic E-state index is 0.486. The zero-order valence-corrected chi connectivity index (χ0v) is 10.0. The molecule has 2 rings (SSSR count). The van der Waals surface area contributed by atoms with Crippen LogP contribution in [0.1, 0.15) is 5.56 Å². The molecule has 0 unspecified atom stereocenters. The van der Waals surface area contributed by atoms with E-state index >= 15 is 0 Å². The number of hydrogen-bond donors (Lipinski definition) is 1. The van der Waals surface area contributed by atoms with Crippen molar-refractivity contribution >= 4 is 45.7 Å². The van der Waals surface area contributed by atoms with Crippen LogP contribution in [0.25, 0.3) is 10.1 Å². The van der Waals surface area contributed by atoms with Crippen LogP contribution < -0.4 is 4.74 Å². The molecule has 0 aliphatic carbocycles. The molecule has 0 aliphatic heterocycles. The van der Waals surface area contributed by atoms with Crippen LogP contribution in [0.15, 0.2) is 23.1 Å². The van der Waals surface area contributed by atoms with Gasteiger partial charge in [-0.15, -0.1) is 24.2 Å². The van der Waals surface area contributed by atoms with E-state index in [2.05, 4.69) is 12.6 Å². The smallest absolute Gasteiger partial charge is 0.174 e. The van der Waals surface area contributed by atoms with Crippen molar-refractivity contribution in [2.45, 2.75) is 10.8 Å². The minimum absolute atomic E-state index is 0.486. The highest BCUT2D eigenvalue weighted by molar-refractivity contribution is 7.80. The molecule has 4 heteroatoms. The van der Waals surface area contributed by atoms with Crippen LogP contribution in [0, 0.1) is 0 Å². The number of thiol groups is 1. The SMILES string of the molecule is COc1cc2ccc(S)c(CCl)c2s1. The molecular formula is C10H9ClOS2. The van der Waals surface area contributed by atoms with Crippen molar-refractivity contribution in [1.29, 1.82) is 0 Å². The molecule has 1 aromatic heterocycles. The lowest BCUT2D eigenvalue weighted by Gasteiger charge is -2.01. The topological polar surface area (TPSA) is 9.23 Å². The largest absolute Gasteiger partial charge is 0.487 e. The zero-order chi connectivity index (χ0) is 10.1. The van der Waals surface area contributed by atoms with E-state index in [4.69, 9.17) is 16.3 Å². The summed E-state index contributed by atoms with van der Waals surface area (Å²) in [7, 11) is 1.67. The van der Waals surface area contributed by atoms with E-state index < -0.39 is 0 Å². The minimum Gasteiger partial charge on any atom is -0.487 e. The van der Waals surface area contributed by atoms with Gasteiger partial charge in [0.05, 0.1) is 7.11 Å². The van der Waals surface area contributed by atoms with E-state index in [9.17, 15) is 0 Å². The van der Waals surface area contributed by atoms with E-state index in [1.165, 1.54) is 10.1 Å². The van der Waals surface area contributed by atoms with Gasteiger partial charge in [-0.25, -0.2) is 0 Å². The number of alkyl halides is 1. The molecule has 1 nitrogen and oxygen atoms in total. The van der Waals surface area contributed by atoms with Crippen molar-refractivity contribution in [3.8, 4) is 5.06 Å². The summed E-state index contributed by atoms with van der Waals surface area (Å²) in [6, 6.07) is 6.02. The highest BCUT2D eigenvalue weighted by Gasteiger charge is 2.08. The van der Waals surface area contributed by atoms with Gasteiger partial charge in [-0.1, -0.05) is 17.4 Å². The average molecular weight is 245 g/mol. The van der Waals surface area contributed by atoms with E-state index in [0.29, 0.717) is 5.88 Å². The summed E-state index contributed by atoms with van der Waals surface area (Å²) in [4.78, 5) is 0.942. The number of halogens is 1. The monoisotopic (exact) mass is 244 g/mol. The second-order valence-corrected chi connectivity index (χ2v) is 4.65. The molecule has 0 amide bonds. The van der Waals surface area contributed by atoms with Gasteiger partial charge in [0.25, 0.3) is 0 Å². The van der Waals surface area contributed by atoms with E-state index in [1.807, 2.05) is 18.2 Å². The summed E-state index contributed by atoms with van der Waals surface area (Å²) in [5, 5.41) is 2.07. The van der Waals surface area contributed by atoms with Gasteiger partial charge in [-0.3, -0.25) is 0 Å². The first-order valence-electron chi connectivity index (χ1n) is 4.10. The van der Waals surface area contributed by atoms with Crippen molar-refractivity contribution in [3.63, 3.8) is 0 Å². The maximum atomic E-state index is 5.88. The highest BCUT2D eigenvalue weighted by Crippen LogP contribution is 2.36. The van der Waals surface area contributed by atoms with Crippen molar-refractivity contribution in [1.82, 2.24) is 0 Å². The number of methoxy groups -OCH3 is 1. The van der Waals surface area contributed by atoms with Crippen LogP contribution in [0.5, 0.6) is 5.06 Å². The molecule has 0 spiro atoms. The van der Waals surface area contributed by atoms with Crippen LogP contribution in [0.3, 0.4) is 0 Å². The molecule has 0 bridgehead atoms. The second-order valence-electron chi connectivity index (χ2n) is 2.88. The van der Waals surface area contributed by atoms with Gasteiger partial charge in [0, 0.05) is 15.5 Å². The lowest BCUT2D eigenvalue weighted by atomic mass is 10.2. The summed E-state index contributed by atoms with van der Waals surface area (Å²) >= 11 is 11.9. The number of fused-ring (bicyclic) bond motifs is 1. The number of benzene rings is 1. The normalized spacial score (nSPS) is 10.8. The second kappa shape index (κ2) is 4.01. The summed E-state index contributed by atoms with van der Waals surface area (Å²) in [5.74, 6) is 0.486. The van der Waals surface area contributed by atoms with Gasteiger partial charge in [0.2, 0.25) is 0 Å². The standard InChI is InChI=1S/C10H9ClOS2/c1-12-9-4-6-2-3-8(13)7(5-11)10(6)14-9/h2-4,13H,5H2,1H3. The predicted molar refractivity (Wildman–Crippen MR) is 65.2 cm³/mol. The van der Waals surface area contributed by atoms with Gasteiger partial charge < -0.3 is 4.74 Å². The van der Waals surface area contributed by atoms with Crippen LogP contribution in [-0.4, -0.2) is 7.11 Å². The Balaban J connectivity index is 2.73. The maximum Gasteiger partial charge on any atom is 0.174 e. The molecule has 74 valence electrons. The number of hydrogen-bond acceptors (Lipinski definition) is 3. The van der Waals surface area contributed by atoms with Crippen LogP contribution >= 0.6 is 35.6 Å². The molecule has 1 heterocycles. The van der Waals surface area contributed by atoms with E-state index in [-0.39, 0.29) is 0 Å². The van der Waals surface area contributed by atoms with Gasteiger partial charge in [0.15, 0.2) is 5.06 Å². The van der Waals surface area contributed by atoms with Crippen LogP contribution in [0.2, 0.25) is 0 Å². The van der Waals surface area contributed by atoms with Gasteiger partial charge in [0.1, 0.15) is 0 Å². The predicted octanol–water partition coefficient (Wildman–Crippen LogP) is 3.94. The lowest BCUT2D eigenvalue weighted by molar-refractivity contribution is 0.427. The Morgan fingerprint density at radius 3 is 2.93 bits per heavy atom. The Kier molecular flexibility index (Phi) is 2.91. The third-order valence-electron chi connectivity index (χ3n) is 2.08. The van der Waals surface area contributed by atoms with Crippen molar-refractivity contribution in [2.75, 3.05) is 7.11 Å². The zero-order valence-electron chi connectivity index (χ0n) is 7.58. The Bertz CT molecular complexity index is 464. The maximum absolute atomic E-state index is 5.88. The Hall–Kier alpha value is -0.380. The third kappa shape index (κ3) is 1.60. The molecule has 0 aliphatic rings. The Labute approximate surface area is 97.1 Å². The number of rotatable bonds is 2. The fourth-order valence-electron chi connectivity index (χ4n) is 1.36. The van der Waals surface area contributed by atoms with Gasteiger partial charge in [-0.2, -0.15) is 0 Å². The number of ether oxygens (including phenoxy) is 1. The Morgan fingerprint density at radius 2 is 2.29 bits per heavy atom. The fourth-order valence-corrected chi connectivity index (χ4v) is 3.17. The molecule has 14 heavy (non-hydrogen) atoms. The first-order valence-corrected chi connectivity index (χ1v) is 5.90. The summed E-state index contributed by atoms with van der Waals surface area (Å²) in [6.07, 6.45) is 0. The molecular weight excluding hydrogens is 236 g/mol.